The van der Waals surface area contributed by atoms with Crippen LogP contribution in [0.4, 0.5) is 0 Å². The van der Waals surface area contributed by atoms with Gasteiger partial charge in [-0.3, -0.25) is 10.1 Å². The van der Waals surface area contributed by atoms with Gasteiger partial charge in [-0.15, -0.1) is 0 Å². The summed E-state index contributed by atoms with van der Waals surface area (Å²) < 4.78 is 0. The Labute approximate surface area is 128 Å². The highest BCUT2D eigenvalue weighted by molar-refractivity contribution is 7.07. The second-order valence-electron chi connectivity index (χ2n) is 6.00. The second kappa shape index (κ2) is 4.97. The third kappa shape index (κ3) is 2.19. The lowest BCUT2D eigenvalue weighted by Gasteiger charge is -2.23. The molecule has 108 valence electrons. The van der Waals surface area contributed by atoms with E-state index < -0.39 is 0 Å². The number of carbonyl (C=O) groups is 1. The molecule has 4 rings (SSSR count). The van der Waals surface area contributed by atoms with Gasteiger partial charge < -0.3 is 4.90 Å². The summed E-state index contributed by atoms with van der Waals surface area (Å²) in [6.07, 6.45) is 1.14. The van der Waals surface area contributed by atoms with E-state index in [1.165, 1.54) is 5.56 Å². The van der Waals surface area contributed by atoms with Crippen molar-refractivity contribution >= 4 is 17.2 Å². The summed E-state index contributed by atoms with van der Waals surface area (Å²) >= 11 is 1.68. The highest BCUT2D eigenvalue weighted by Crippen LogP contribution is 2.44. The van der Waals surface area contributed by atoms with Crippen molar-refractivity contribution in [1.29, 1.82) is 0 Å². The molecule has 1 saturated carbocycles. The number of carbonyl (C=O) groups excluding carboxylic acids is 1. The van der Waals surface area contributed by atoms with Crippen LogP contribution in [-0.4, -0.2) is 16.8 Å². The molecule has 1 aromatic carbocycles. The predicted octanol–water partition coefficient (Wildman–Crippen LogP) is 3.33. The van der Waals surface area contributed by atoms with Crippen molar-refractivity contribution in [2.45, 2.75) is 31.6 Å². The molecule has 3 nitrogen and oxygen atoms in total. The van der Waals surface area contributed by atoms with Gasteiger partial charge in [-0.2, -0.15) is 11.3 Å². The van der Waals surface area contributed by atoms with Crippen molar-refractivity contribution in [1.82, 2.24) is 10.2 Å². The molecule has 1 aliphatic carbocycles. The molecule has 1 saturated heterocycles. The first-order valence-electron chi connectivity index (χ1n) is 7.41. The third-order valence-electron chi connectivity index (χ3n) is 4.52. The first kappa shape index (κ1) is 13.0. The number of thiophene rings is 1. The largest absolute Gasteiger partial charge is 0.318 e. The van der Waals surface area contributed by atoms with Gasteiger partial charge in [0.1, 0.15) is 12.2 Å². The Kier molecular flexibility index (Phi) is 3.08. The van der Waals surface area contributed by atoms with Crippen LogP contribution in [0, 0.1) is 5.92 Å². The van der Waals surface area contributed by atoms with Gasteiger partial charge in [-0.1, -0.05) is 37.3 Å². The maximum absolute atomic E-state index is 12.9. The molecule has 21 heavy (non-hydrogen) atoms. The lowest BCUT2D eigenvalue weighted by atomic mass is 10.1. The van der Waals surface area contributed by atoms with Gasteiger partial charge in [0.25, 0.3) is 0 Å². The Bertz CT molecular complexity index is 640. The highest BCUT2D eigenvalue weighted by atomic mass is 32.1. The van der Waals surface area contributed by atoms with Crippen LogP contribution in [-0.2, 0) is 4.79 Å². The molecular formula is C17H18N2OS. The molecule has 2 fully saturated rings. The van der Waals surface area contributed by atoms with Crippen molar-refractivity contribution < 1.29 is 4.79 Å². The van der Waals surface area contributed by atoms with E-state index in [1.54, 1.807) is 11.3 Å². The molecule has 4 unspecified atom stereocenters. The molecule has 0 spiro atoms. The zero-order chi connectivity index (χ0) is 14.4. The molecular weight excluding hydrogens is 280 g/mol. The van der Waals surface area contributed by atoms with Gasteiger partial charge in [0.05, 0.1) is 0 Å². The summed E-state index contributed by atoms with van der Waals surface area (Å²) in [6, 6.07) is 12.3. The van der Waals surface area contributed by atoms with Gasteiger partial charge in [-0.05, 0) is 40.3 Å². The average molecular weight is 298 g/mol. The summed E-state index contributed by atoms with van der Waals surface area (Å²) in [5, 5.41) is 7.75. The first-order valence-corrected chi connectivity index (χ1v) is 8.35. The van der Waals surface area contributed by atoms with Crippen LogP contribution in [0.5, 0.6) is 0 Å². The van der Waals surface area contributed by atoms with Gasteiger partial charge in [-0.25, -0.2) is 0 Å². The van der Waals surface area contributed by atoms with E-state index in [1.807, 2.05) is 30.3 Å². The number of hydrogen-bond donors (Lipinski definition) is 1. The monoisotopic (exact) mass is 298 g/mol. The van der Waals surface area contributed by atoms with Gasteiger partial charge in [0, 0.05) is 6.04 Å². The van der Waals surface area contributed by atoms with E-state index in [-0.39, 0.29) is 18.1 Å². The Morgan fingerprint density at radius 1 is 1.19 bits per heavy atom. The van der Waals surface area contributed by atoms with Crippen molar-refractivity contribution in [2.75, 3.05) is 0 Å². The number of amides is 1. The molecule has 4 heteroatoms. The fourth-order valence-electron chi connectivity index (χ4n) is 3.20. The Balaban J connectivity index is 1.69. The van der Waals surface area contributed by atoms with Crippen LogP contribution in [0.1, 0.15) is 36.7 Å². The number of rotatable bonds is 3. The minimum atomic E-state index is -0.219. The molecule has 0 bridgehead atoms. The summed E-state index contributed by atoms with van der Waals surface area (Å²) in [6.45, 7) is 2.22. The molecule has 2 heterocycles. The molecule has 1 aliphatic heterocycles. The second-order valence-corrected chi connectivity index (χ2v) is 6.78. The summed E-state index contributed by atoms with van der Waals surface area (Å²) in [5.41, 5.74) is 2.25. The molecule has 1 N–H and O–H groups in total. The topological polar surface area (TPSA) is 32.3 Å². The van der Waals surface area contributed by atoms with Crippen LogP contribution in [0.15, 0.2) is 47.2 Å². The van der Waals surface area contributed by atoms with E-state index in [4.69, 9.17) is 0 Å². The first-order chi connectivity index (χ1) is 10.3. The fraction of sp³-hybridized carbons (Fsp3) is 0.353. The normalized spacial score (nSPS) is 31.7. The molecule has 1 aromatic heterocycles. The van der Waals surface area contributed by atoms with Gasteiger partial charge in [0.2, 0.25) is 5.91 Å². The lowest BCUT2D eigenvalue weighted by Crippen LogP contribution is -2.33. The van der Waals surface area contributed by atoms with E-state index >= 15 is 0 Å². The number of nitrogens with one attached hydrogen (secondary N) is 1. The van der Waals surface area contributed by atoms with E-state index in [0.717, 1.165) is 12.0 Å². The molecule has 2 aliphatic rings. The van der Waals surface area contributed by atoms with E-state index in [2.05, 4.69) is 34.0 Å². The molecule has 1 amide bonds. The maximum Gasteiger partial charge on any atom is 0.246 e. The number of nitrogens with zero attached hydrogens (tertiary/aromatic N) is 1. The minimum Gasteiger partial charge on any atom is -0.318 e. The number of hydrogen-bond acceptors (Lipinski definition) is 3. The van der Waals surface area contributed by atoms with Crippen LogP contribution < -0.4 is 5.32 Å². The lowest BCUT2D eigenvalue weighted by molar-refractivity contribution is -0.131. The minimum absolute atomic E-state index is 0.0175. The predicted molar refractivity (Wildman–Crippen MR) is 83.8 cm³/mol. The van der Waals surface area contributed by atoms with Crippen molar-refractivity contribution in [3.05, 3.63) is 58.3 Å². The quantitative estimate of drug-likeness (QED) is 0.942. The van der Waals surface area contributed by atoms with Crippen LogP contribution in [0.2, 0.25) is 0 Å². The van der Waals surface area contributed by atoms with Crippen molar-refractivity contribution in [2.24, 2.45) is 5.92 Å². The average Bonchev–Trinajstić information content (AvgIpc) is 2.95. The van der Waals surface area contributed by atoms with Crippen molar-refractivity contribution in [3.8, 4) is 0 Å². The summed E-state index contributed by atoms with van der Waals surface area (Å²) in [5.74, 6) is 0.832. The SMILES string of the molecule is CC1CC1N1C(=O)C(c2ccccc2)NC1c1ccsc1. The highest BCUT2D eigenvalue weighted by Gasteiger charge is 2.50. The molecule has 2 aromatic rings. The summed E-state index contributed by atoms with van der Waals surface area (Å²) in [4.78, 5) is 15.0. The standard InChI is InChI=1S/C17H18N2OS/c1-11-9-14(11)19-16(13-7-8-21-10-13)18-15(17(19)20)12-5-3-2-4-6-12/h2-8,10-11,14-16,18H,9H2,1H3. The van der Waals surface area contributed by atoms with Gasteiger partial charge in [0.15, 0.2) is 0 Å². The summed E-state index contributed by atoms with van der Waals surface area (Å²) in [7, 11) is 0. The molecule has 0 radical (unpaired) electrons. The van der Waals surface area contributed by atoms with E-state index in [9.17, 15) is 4.79 Å². The smallest absolute Gasteiger partial charge is 0.246 e. The fourth-order valence-corrected chi connectivity index (χ4v) is 3.88. The zero-order valence-corrected chi connectivity index (χ0v) is 12.7. The van der Waals surface area contributed by atoms with Crippen LogP contribution >= 0.6 is 11.3 Å². The third-order valence-corrected chi connectivity index (χ3v) is 5.22. The Morgan fingerprint density at radius 2 is 1.95 bits per heavy atom. The molecule has 4 atom stereocenters. The van der Waals surface area contributed by atoms with Crippen LogP contribution in [0.25, 0.3) is 0 Å². The van der Waals surface area contributed by atoms with E-state index in [0.29, 0.717) is 12.0 Å². The van der Waals surface area contributed by atoms with Gasteiger partial charge >= 0.3 is 0 Å². The van der Waals surface area contributed by atoms with Crippen LogP contribution in [0.3, 0.4) is 0 Å². The number of benzene rings is 1. The van der Waals surface area contributed by atoms with Crippen molar-refractivity contribution in [3.63, 3.8) is 0 Å². The Hall–Kier alpha value is -1.65. The maximum atomic E-state index is 12.9. The zero-order valence-electron chi connectivity index (χ0n) is 11.9. The Morgan fingerprint density at radius 3 is 2.57 bits per heavy atom.